The summed E-state index contributed by atoms with van der Waals surface area (Å²) >= 11 is 0. The minimum absolute atomic E-state index is 0. The maximum Gasteiger partial charge on any atom is 0.160 e. The second kappa shape index (κ2) is 7.64. The van der Waals surface area contributed by atoms with Gasteiger partial charge in [-0.05, 0) is 23.6 Å². The van der Waals surface area contributed by atoms with Crippen molar-refractivity contribution >= 4 is 27.8 Å². The Morgan fingerprint density at radius 2 is 1.48 bits per heavy atom. The van der Waals surface area contributed by atoms with Gasteiger partial charge in [0.2, 0.25) is 0 Å². The Labute approximate surface area is 154 Å². The number of benzene rings is 3. The second-order valence-corrected chi connectivity index (χ2v) is 6.54. The average Bonchev–Trinajstić information content (AvgIpc) is 2.58. The lowest BCUT2D eigenvalue weighted by molar-refractivity contribution is -0.00000539. The van der Waals surface area contributed by atoms with Crippen LogP contribution in [-0.4, -0.2) is 28.3 Å². The molecule has 0 aromatic heterocycles. The van der Waals surface area contributed by atoms with Gasteiger partial charge >= 0.3 is 0 Å². The van der Waals surface area contributed by atoms with E-state index in [9.17, 15) is 0 Å². The number of hydrogen-bond acceptors (Lipinski definition) is 3. The number of methoxy groups -OCH3 is 1. The number of rotatable bonds is 4. The summed E-state index contributed by atoms with van der Waals surface area (Å²) in [4.78, 5) is 0. The van der Waals surface area contributed by atoms with E-state index < -0.39 is 0 Å². The molecule has 0 spiro atoms. The van der Waals surface area contributed by atoms with E-state index >= 15 is 0 Å². The first-order chi connectivity index (χ1) is 11.5. The largest absolute Gasteiger partial charge is 1.00 e. The molecule has 130 valence electrons. The number of azo groups is 1. The second-order valence-electron chi connectivity index (χ2n) is 6.54. The molecule has 5 heteroatoms. The van der Waals surface area contributed by atoms with Crippen LogP contribution >= 0.6 is 0 Å². The third kappa shape index (κ3) is 3.98. The summed E-state index contributed by atoms with van der Waals surface area (Å²) < 4.78 is 6.03. The molecule has 25 heavy (non-hydrogen) atoms. The molecule has 0 amide bonds. The van der Waals surface area contributed by atoms with Gasteiger partial charge in [-0.15, -0.1) is 10.2 Å². The van der Waals surface area contributed by atoms with Gasteiger partial charge in [0.05, 0.1) is 28.3 Å². The molecule has 3 aromatic carbocycles. The monoisotopic (exact) mass is 355 g/mol. The van der Waals surface area contributed by atoms with Gasteiger partial charge in [0.1, 0.15) is 11.4 Å². The highest BCUT2D eigenvalue weighted by atomic mass is 35.5. The van der Waals surface area contributed by atoms with Crippen molar-refractivity contribution in [2.45, 2.75) is 0 Å². The summed E-state index contributed by atoms with van der Waals surface area (Å²) in [6, 6.07) is 20.2. The minimum Gasteiger partial charge on any atom is -1.00 e. The highest BCUT2D eigenvalue weighted by Gasteiger charge is 2.20. The number of fused-ring (bicyclic) bond motifs is 1. The molecular formula is C20H22ClN3O. The van der Waals surface area contributed by atoms with Crippen LogP contribution in [0, 0.1) is 0 Å². The van der Waals surface area contributed by atoms with Gasteiger partial charge < -0.3 is 17.1 Å². The molecule has 0 saturated heterocycles. The molecule has 0 radical (unpaired) electrons. The molecule has 0 aliphatic rings. The summed E-state index contributed by atoms with van der Waals surface area (Å²) in [6.07, 6.45) is 0. The highest BCUT2D eigenvalue weighted by Crippen LogP contribution is 2.39. The van der Waals surface area contributed by atoms with Gasteiger partial charge in [0.15, 0.2) is 11.4 Å². The Morgan fingerprint density at radius 1 is 0.800 bits per heavy atom. The Bertz CT molecular complexity index is 901. The quantitative estimate of drug-likeness (QED) is 0.523. The average molecular weight is 356 g/mol. The van der Waals surface area contributed by atoms with E-state index in [0.29, 0.717) is 10.2 Å². The van der Waals surface area contributed by atoms with E-state index in [2.05, 4.69) is 55.6 Å². The summed E-state index contributed by atoms with van der Waals surface area (Å²) in [5.74, 6) is 0.716. The molecule has 3 rings (SSSR count). The van der Waals surface area contributed by atoms with E-state index in [1.165, 1.54) is 0 Å². The van der Waals surface area contributed by atoms with Gasteiger partial charge in [-0.1, -0.05) is 36.4 Å². The van der Waals surface area contributed by atoms with Gasteiger partial charge in [-0.2, -0.15) is 0 Å². The molecule has 0 aliphatic heterocycles. The minimum atomic E-state index is 0. The van der Waals surface area contributed by atoms with Crippen LogP contribution < -0.4 is 21.6 Å². The molecule has 3 aromatic rings. The molecular weight excluding hydrogens is 334 g/mol. The van der Waals surface area contributed by atoms with Crippen LogP contribution in [0.5, 0.6) is 5.75 Å². The SMILES string of the molecule is COc1ccccc1N=Nc1c([N+](C)(C)C)ccc2ccccc12.[Cl-]. The summed E-state index contributed by atoms with van der Waals surface area (Å²) in [5, 5.41) is 11.3. The van der Waals surface area contributed by atoms with Crippen molar-refractivity contribution in [1.29, 1.82) is 0 Å². The lowest BCUT2D eigenvalue weighted by Gasteiger charge is -2.25. The number of nitrogens with zero attached hydrogens (tertiary/aromatic N) is 3. The van der Waals surface area contributed by atoms with E-state index in [1.807, 2.05) is 36.4 Å². The predicted molar refractivity (Wildman–Crippen MR) is 101 cm³/mol. The first-order valence-electron chi connectivity index (χ1n) is 7.89. The van der Waals surface area contributed by atoms with E-state index in [0.717, 1.165) is 27.8 Å². The number of ether oxygens (including phenoxy) is 1. The zero-order valence-corrected chi connectivity index (χ0v) is 15.7. The summed E-state index contributed by atoms with van der Waals surface area (Å²) in [7, 11) is 8.04. The zero-order chi connectivity index (χ0) is 17.2. The van der Waals surface area contributed by atoms with Crippen molar-refractivity contribution in [3.8, 4) is 5.75 Å². The first-order valence-corrected chi connectivity index (χ1v) is 7.89. The van der Waals surface area contributed by atoms with Crippen molar-refractivity contribution in [3.63, 3.8) is 0 Å². The van der Waals surface area contributed by atoms with Crippen molar-refractivity contribution in [3.05, 3.63) is 60.7 Å². The Morgan fingerprint density at radius 3 is 2.20 bits per heavy atom. The van der Waals surface area contributed by atoms with E-state index in [1.54, 1.807) is 7.11 Å². The van der Waals surface area contributed by atoms with Gasteiger partial charge in [0.25, 0.3) is 0 Å². The Kier molecular flexibility index (Phi) is 5.77. The molecule has 0 unspecified atom stereocenters. The first kappa shape index (κ1) is 18.9. The van der Waals surface area contributed by atoms with Crippen molar-refractivity contribution < 1.29 is 17.1 Å². The van der Waals surface area contributed by atoms with Crippen LogP contribution in [0.15, 0.2) is 70.9 Å². The van der Waals surface area contributed by atoms with E-state index in [4.69, 9.17) is 4.74 Å². The fourth-order valence-corrected chi connectivity index (χ4v) is 2.71. The molecule has 4 nitrogen and oxygen atoms in total. The smallest absolute Gasteiger partial charge is 0.160 e. The molecule has 0 heterocycles. The van der Waals surface area contributed by atoms with Crippen LogP contribution in [0.3, 0.4) is 0 Å². The molecule has 0 atom stereocenters. The van der Waals surface area contributed by atoms with Crippen LogP contribution in [0.4, 0.5) is 17.1 Å². The standard InChI is InChI=1S/C20H22N3O.ClH/c1-23(2,3)18-14-13-15-9-5-6-10-16(15)20(18)22-21-17-11-7-8-12-19(17)24-4;/h5-14H,1-4H3;1H/q+1;/p-1. The molecule has 0 aliphatic carbocycles. The lowest BCUT2D eigenvalue weighted by atomic mass is 10.1. The molecule has 0 N–H and O–H groups in total. The molecule has 0 bridgehead atoms. The third-order valence-electron chi connectivity index (χ3n) is 3.94. The normalized spacial score (nSPS) is 11.5. The highest BCUT2D eigenvalue weighted by molar-refractivity contribution is 5.98. The van der Waals surface area contributed by atoms with Crippen LogP contribution in [-0.2, 0) is 0 Å². The fourth-order valence-electron chi connectivity index (χ4n) is 2.71. The maximum atomic E-state index is 5.36. The molecule has 0 fully saturated rings. The van der Waals surface area contributed by atoms with Crippen molar-refractivity contribution in [2.75, 3.05) is 28.3 Å². The predicted octanol–water partition coefficient (Wildman–Crippen LogP) is 2.46. The summed E-state index contributed by atoms with van der Waals surface area (Å²) in [6.45, 7) is 0. The maximum absolute atomic E-state index is 5.36. The van der Waals surface area contributed by atoms with Gasteiger partial charge in [-0.3, -0.25) is 4.48 Å². The number of para-hydroxylation sites is 1. The number of hydrogen-bond donors (Lipinski definition) is 0. The van der Waals surface area contributed by atoms with E-state index in [-0.39, 0.29) is 12.4 Å². The Balaban J connectivity index is 0.00000225. The number of quaternary nitrogens is 1. The third-order valence-corrected chi connectivity index (χ3v) is 3.94. The van der Waals surface area contributed by atoms with Gasteiger partial charge in [-0.25, -0.2) is 0 Å². The van der Waals surface area contributed by atoms with Crippen LogP contribution in [0.2, 0.25) is 0 Å². The van der Waals surface area contributed by atoms with Crippen molar-refractivity contribution in [2.24, 2.45) is 10.2 Å². The zero-order valence-electron chi connectivity index (χ0n) is 14.9. The molecule has 0 saturated carbocycles. The number of halogens is 1. The summed E-state index contributed by atoms with van der Waals surface area (Å²) in [5.41, 5.74) is 2.74. The van der Waals surface area contributed by atoms with Gasteiger partial charge in [0, 0.05) is 11.5 Å². The van der Waals surface area contributed by atoms with Crippen LogP contribution in [0.25, 0.3) is 10.8 Å². The topological polar surface area (TPSA) is 34.0 Å². The Hall–Kier alpha value is -2.43. The van der Waals surface area contributed by atoms with Crippen molar-refractivity contribution in [1.82, 2.24) is 4.48 Å². The lowest BCUT2D eigenvalue weighted by Crippen LogP contribution is -3.00. The fraction of sp³-hybridized carbons (Fsp3) is 0.200. The van der Waals surface area contributed by atoms with Crippen LogP contribution in [0.1, 0.15) is 0 Å².